The van der Waals surface area contributed by atoms with E-state index in [2.05, 4.69) is 64.0 Å². The van der Waals surface area contributed by atoms with E-state index < -0.39 is 18.7 Å². The number of rotatable bonds is 2. The Labute approximate surface area is 258 Å². The summed E-state index contributed by atoms with van der Waals surface area (Å²) in [5.74, 6) is 0. The number of allylic oxidation sites excluding steroid dienone is 3. The van der Waals surface area contributed by atoms with E-state index in [1.54, 1.807) is 11.8 Å². The second kappa shape index (κ2) is 10.3. The molecule has 0 saturated carbocycles. The second-order valence-electron chi connectivity index (χ2n) is 10.5. The lowest BCUT2D eigenvalue weighted by Gasteiger charge is -2.50. The zero-order valence-corrected chi connectivity index (χ0v) is 26.9. The third kappa shape index (κ3) is 4.54. The molecular weight excluding hydrogens is 631 g/mol. The Kier molecular flexibility index (Phi) is 6.85. The highest BCUT2D eigenvalue weighted by Gasteiger charge is 2.51. The van der Waals surface area contributed by atoms with Crippen LogP contribution in [0.2, 0.25) is 0 Å². The summed E-state index contributed by atoms with van der Waals surface area (Å²) in [6.07, 6.45) is 6.40. The van der Waals surface area contributed by atoms with Crippen molar-refractivity contribution in [3.63, 3.8) is 0 Å². The fourth-order valence-corrected chi connectivity index (χ4v) is 13.8. The number of benzene rings is 3. The van der Waals surface area contributed by atoms with Crippen LogP contribution in [0.5, 0.6) is 0 Å². The average Bonchev–Trinajstić information content (AvgIpc) is 3.01. The van der Waals surface area contributed by atoms with Crippen molar-refractivity contribution < 1.29 is 18.1 Å². The third-order valence-corrected chi connectivity index (χ3v) is 15.9. The normalized spacial score (nSPS) is 30.4. The Morgan fingerprint density at radius 3 is 1.66 bits per heavy atom. The standard InChI is InChI=1S/C29H26N2O4P2S4/c38-36(30-21-9-1-5-13-25(21)40-26-14-6-2-10-22(26)30)32-17-29(18-33-36)19-34-37(39,35-20-29)31-23-11-3-7-15-27(23)41-28-16-8-4-12-24(28)31/h1-7,9-15H,8,16-20H2. The zero-order chi connectivity index (χ0) is 27.7. The van der Waals surface area contributed by atoms with Crippen LogP contribution in [0, 0.1) is 5.41 Å². The fraction of sp³-hybridized carbons (Fsp3) is 0.241. The van der Waals surface area contributed by atoms with E-state index in [1.807, 2.05) is 42.1 Å². The second-order valence-corrected chi connectivity index (χ2v) is 19.2. The minimum atomic E-state index is -2.87. The summed E-state index contributed by atoms with van der Waals surface area (Å²) >= 11 is 16.0. The predicted molar refractivity (Wildman–Crippen MR) is 174 cm³/mol. The smallest absolute Gasteiger partial charge is 0.294 e. The molecule has 3 aromatic carbocycles. The summed E-state index contributed by atoms with van der Waals surface area (Å²) in [5, 5.41) is 0. The monoisotopic (exact) mass is 656 g/mol. The van der Waals surface area contributed by atoms with Crippen LogP contribution in [0.25, 0.3) is 0 Å². The van der Waals surface area contributed by atoms with Crippen LogP contribution in [-0.4, -0.2) is 26.4 Å². The Morgan fingerprint density at radius 2 is 1.10 bits per heavy atom. The van der Waals surface area contributed by atoms with Gasteiger partial charge < -0.3 is 18.1 Å². The number of hydrogen-bond acceptors (Lipinski definition) is 8. The Bertz CT molecular complexity index is 1660. The van der Waals surface area contributed by atoms with Crippen molar-refractivity contribution in [2.45, 2.75) is 27.5 Å². The Hall–Kier alpha value is -1.42. The fourth-order valence-electron chi connectivity index (χ4n) is 5.55. The van der Waals surface area contributed by atoms with E-state index >= 15 is 0 Å². The molecule has 0 bridgehead atoms. The first-order valence-corrected chi connectivity index (χ1v) is 20.2. The highest BCUT2D eigenvalue weighted by Crippen LogP contribution is 2.69. The molecule has 41 heavy (non-hydrogen) atoms. The molecule has 0 atom stereocenters. The van der Waals surface area contributed by atoms with Gasteiger partial charge in [0.05, 0.1) is 54.6 Å². The molecule has 5 aliphatic rings. The number of hydrogen-bond donors (Lipinski definition) is 0. The van der Waals surface area contributed by atoms with Gasteiger partial charge in [-0.25, -0.2) is 0 Å². The van der Waals surface area contributed by atoms with Gasteiger partial charge in [0.2, 0.25) is 0 Å². The summed E-state index contributed by atoms with van der Waals surface area (Å²) in [7, 11) is 0. The van der Waals surface area contributed by atoms with Crippen molar-refractivity contribution in [2.24, 2.45) is 5.41 Å². The zero-order valence-electron chi connectivity index (χ0n) is 21.9. The van der Waals surface area contributed by atoms with E-state index in [4.69, 9.17) is 41.7 Å². The number of thioether (sulfide) groups is 1. The van der Waals surface area contributed by atoms with Crippen molar-refractivity contribution >= 4 is 77.5 Å². The van der Waals surface area contributed by atoms with Crippen LogP contribution in [0.15, 0.2) is 110 Å². The van der Waals surface area contributed by atoms with Crippen molar-refractivity contribution in [3.8, 4) is 0 Å². The molecule has 8 rings (SSSR count). The molecule has 4 heterocycles. The van der Waals surface area contributed by atoms with E-state index in [0.29, 0.717) is 26.4 Å². The molecule has 6 nitrogen and oxygen atoms in total. The topological polar surface area (TPSA) is 43.4 Å². The van der Waals surface area contributed by atoms with E-state index in [0.717, 1.165) is 45.4 Å². The molecule has 0 aromatic heterocycles. The quantitative estimate of drug-likeness (QED) is 0.250. The van der Waals surface area contributed by atoms with Crippen LogP contribution in [0.1, 0.15) is 12.8 Å². The first kappa shape index (κ1) is 27.2. The highest BCUT2D eigenvalue weighted by atomic mass is 32.5. The molecule has 0 amide bonds. The average molecular weight is 657 g/mol. The summed E-state index contributed by atoms with van der Waals surface area (Å²) in [6, 6.07) is 24.9. The molecule has 4 aliphatic heterocycles. The van der Waals surface area contributed by atoms with Crippen LogP contribution in [0.3, 0.4) is 0 Å². The highest BCUT2D eigenvalue weighted by molar-refractivity contribution is 8.11. The van der Waals surface area contributed by atoms with E-state index in [1.165, 1.54) is 9.80 Å². The molecule has 3 aromatic rings. The van der Waals surface area contributed by atoms with Gasteiger partial charge in [0, 0.05) is 19.6 Å². The van der Waals surface area contributed by atoms with Gasteiger partial charge in [0.1, 0.15) is 0 Å². The first-order valence-electron chi connectivity index (χ1n) is 13.4. The minimum absolute atomic E-state index is 0.383. The van der Waals surface area contributed by atoms with E-state index in [-0.39, 0.29) is 0 Å². The van der Waals surface area contributed by atoms with Crippen LogP contribution in [-0.2, 0) is 41.7 Å². The van der Waals surface area contributed by atoms with Crippen molar-refractivity contribution in [2.75, 3.05) is 35.8 Å². The molecule has 0 N–H and O–H groups in total. The van der Waals surface area contributed by atoms with Crippen molar-refractivity contribution in [1.29, 1.82) is 0 Å². The molecule has 2 fully saturated rings. The molecule has 2 saturated heterocycles. The third-order valence-electron chi connectivity index (χ3n) is 7.69. The minimum Gasteiger partial charge on any atom is -0.313 e. The number of fused-ring (bicyclic) bond motifs is 3. The molecular formula is C29H26N2O4P2S4. The maximum absolute atomic E-state index is 6.58. The first-order chi connectivity index (χ1) is 20.0. The van der Waals surface area contributed by atoms with Crippen LogP contribution in [0.4, 0.5) is 17.1 Å². The lowest BCUT2D eigenvalue weighted by Crippen LogP contribution is -2.48. The van der Waals surface area contributed by atoms with Crippen molar-refractivity contribution in [1.82, 2.24) is 0 Å². The van der Waals surface area contributed by atoms with Crippen LogP contribution >= 0.6 is 36.8 Å². The molecule has 0 radical (unpaired) electrons. The largest absolute Gasteiger partial charge is 0.313 e. The lowest BCUT2D eigenvalue weighted by atomic mass is 9.93. The van der Waals surface area contributed by atoms with Gasteiger partial charge in [0.25, 0.3) is 13.3 Å². The Morgan fingerprint density at radius 1 is 0.634 bits per heavy atom. The maximum atomic E-state index is 6.58. The van der Waals surface area contributed by atoms with Gasteiger partial charge in [-0.3, -0.25) is 9.34 Å². The van der Waals surface area contributed by atoms with Gasteiger partial charge in [-0.2, -0.15) is 0 Å². The molecule has 210 valence electrons. The molecule has 1 spiro atoms. The van der Waals surface area contributed by atoms with Gasteiger partial charge in [0.15, 0.2) is 0 Å². The number of para-hydroxylation sites is 3. The maximum Gasteiger partial charge on any atom is 0.294 e. The summed E-state index contributed by atoms with van der Waals surface area (Å²) < 4.78 is 30.6. The lowest BCUT2D eigenvalue weighted by molar-refractivity contribution is -0.0546. The number of nitrogens with zero attached hydrogens (tertiary/aromatic N) is 2. The number of anilines is 3. The SMILES string of the molecule is S=P1(N2C3=C(CCC=C3)Sc3ccccc32)OCC2(CO1)COP(=S)(N1c3ccccc3Sc3ccccc31)OC2. The Balaban J connectivity index is 1.05. The summed E-state index contributed by atoms with van der Waals surface area (Å²) in [6.45, 7) is -4.17. The van der Waals surface area contributed by atoms with Gasteiger partial charge in [-0.05, 0) is 78.9 Å². The summed E-state index contributed by atoms with van der Waals surface area (Å²) in [4.78, 5) is 4.77. The molecule has 0 unspecified atom stereocenters. The van der Waals surface area contributed by atoms with Crippen LogP contribution < -0.4 is 9.34 Å². The molecule has 1 aliphatic carbocycles. The van der Waals surface area contributed by atoms with Crippen molar-refractivity contribution in [3.05, 3.63) is 95.6 Å². The van der Waals surface area contributed by atoms with E-state index in [9.17, 15) is 0 Å². The molecule has 12 heteroatoms. The van der Waals surface area contributed by atoms with Gasteiger partial charge in [-0.1, -0.05) is 66.0 Å². The van der Waals surface area contributed by atoms with Gasteiger partial charge >= 0.3 is 0 Å². The summed E-state index contributed by atoms with van der Waals surface area (Å²) in [5.41, 5.74) is 3.72. The predicted octanol–water partition coefficient (Wildman–Crippen LogP) is 8.99. The van der Waals surface area contributed by atoms with Gasteiger partial charge in [-0.15, -0.1) is 0 Å².